The zero-order chi connectivity index (χ0) is 27.9. The molecule has 3 aromatic carbocycles. The summed E-state index contributed by atoms with van der Waals surface area (Å²) in [5.41, 5.74) is 1.92. The van der Waals surface area contributed by atoms with Gasteiger partial charge >= 0.3 is 0 Å². The molecule has 0 saturated carbocycles. The smallest absolute Gasteiger partial charge is 0.264 e. The monoisotopic (exact) mass is 601 g/mol. The second kappa shape index (κ2) is 12.9. The number of sulfonamides is 1. The Morgan fingerprint density at radius 2 is 1.63 bits per heavy atom. The fraction of sp³-hybridized carbons (Fsp3) is 0.286. The van der Waals surface area contributed by atoms with Gasteiger partial charge in [0, 0.05) is 17.6 Å². The van der Waals surface area contributed by atoms with Crippen LogP contribution < -0.4 is 14.4 Å². The van der Waals surface area contributed by atoms with Crippen LogP contribution in [-0.2, 0) is 26.2 Å². The first-order chi connectivity index (χ1) is 18.1. The summed E-state index contributed by atoms with van der Waals surface area (Å²) < 4.78 is 35.1. The molecular formula is C28H32BrN3O5S. The van der Waals surface area contributed by atoms with E-state index >= 15 is 0 Å². The molecule has 0 radical (unpaired) electrons. The minimum absolute atomic E-state index is 0.0399. The number of ether oxygens (including phenoxy) is 1. The van der Waals surface area contributed by atoms with E-state index in [2.05, 4.69) is 21.2 Å². The molecule has 0 aliphatic carbocycles. The second-order valence-electron chi connectivity index (χ2n) is 8.72. The number of likely N-dealkylation sites (N-methyl/N-ethyl adjacent to an activating group) is 1. The highest BCUT2D eigenvalue weighted by molar-refractivity contribution is 9.10. The highest BCUT2D eigenvalue weighted by atomic mass is 79.9. The molecule has 10 heteroatoms. The third kappa shape index (κ3) is 6.93. The molecule has 202 valence electrons. The zero-order valence-electron chi connectivity index (χ0n) is 21.8. The number of amides is 2. The predicted octanol–water partition coefficient (Wildman–Crippen LogP) is 4.51. The Morgan fingerprint density at radius 1 is 1.00 bits per heavy atom. The minimum atomic E-state index is -4.17. The molecule has 3 rings (SSSR count). The normalized spacial score (nSPS) is 11.9. The van der Waals surface area contributed by atoms with Crippen LogP contribution in [0.25, 0.3) is 0 Å². The molecule has 2 amide bonds. The van der Waals surface area contributed by atoms with Crippen LogP contribution in [0.1, 0.15) is 25.0 Å². The lowest BCUT2D eigenvalue weighted by Gasteiger charge is -2.32. The van der Waals surface area contributed by atoms with Gasteiger partial charge in [0.2, 0.25) is 11.8 Å². The molecule has 0 bridgehead atoms. The van der Waals surface area contributed by atoms with Gasteiger partial charge in [0.05, 0.1) is 17.7 Å². The van der Waals surface area contributed by atoms with Gasteiger partial charge in [0.25, 0.3) is 10.0 Å². The van der Waals surface area contributed by atoms with E-state index in [1.807, 2.05) is 31.2 Å². The van der Waals surface area contributed by atoms with Gasteiger partial charge < -0.3 is 15.0 Å². The number of methoxy groups -OCH3 is 1. The van der Waals surface area contributed by atoms with Crippen LogP contribution in [0.5, 0.6) is 5.75 Å². The fourth-order valence-electron chi connectivity index (χ4n) is 3.88. The molecule has 0 heterocycles. The molecule has 1 atom stereocenters. The van der Waals surface area contributed by atoms with E-state index in [1.54, 1.807) is 50.2 Å². The van der Waals surface area contributed by atoms with Crippen molar-refractivity contribution in [1.29, 1.82) is 0 Å². The molecule has 38 heavy (non-hydrogen) atoms. The first-order valence-corrected chi connectivity index (χ1v) is 14.4. The quantitative estimate of drug-likeness (QED) is 0.349. The summed E-state index contributed by atoms with van der Waals surface area (Å²) in [7, 11) is -2.73. The van der Waals surface area contributed by atoms with Crippen molar-refractivity contribution in [2.24, 2.45) is 0 Å². The maximum absolute atomic E-state index is 13.9. The summed E-state index contributed by atoms with van der Waals surface area (Å²) in [6.45, 7) is 5.28. The number of rotatable bonds is 11. The topological polar surface area (TPSA) is 96.0 Å². The zero-order valence-corrected chi connectivity index (χ0v) is 24.3. The Morgan fingerprint density at radius 3 is 2.24 bits per heavy atom. The molecule has 1 unspecified atom stereocenters. The van der Waals surface area contributed by atoms with Crippen molar-refractivity contribution in [2.45, 2.75) is 38.3 Å². The average molecular weight is 603 g/mol. The van der Waals surface area contributed by atoms with E-state index < -0.39 is 28.5 Å². The van der Waals surface area contributed by atoms with Crippen molar-refractivity contribution in [3.05, 3.63) is 88.4 Å². The number of carbonyl (C=O) groups excluding carboxylic acids is 2. The van der Waals surface area contributed by atoms with Gasteiger partial charge in [-0.2, -0.15) is 0 Å². The molecular weight excluding hydrogens is 570 g/mol. The summed E-state index contributed by atoms with van der Waals surface area (Å²) >= 11 is 3.40. The highest BCUT2D eigenvalue weighted by Crippen LogP contribution is 2.32. The Balaban J connectivity index is 2.06. The second-order valence-corrected chi connectivity index (χ2v) is 11.5. The molecule has 8 nitrogen and oxygen atoms in total. The van der Waals surface area contributed by atoms with Gasteiger partial charge in [0.1, 0.15) is 18.3 Å². The van der Waals surface area contributed by atoms with Crippen molar-refractivity contribution >= 4 is 43.5 Å². The van der Waals surface area contributed by atoms with E-state index in [-0.39, 0.29) is 23.0 Å². The van der Waals surface area contributed by atoms with Gasteiger partial charge in [-0.05, 0) is 62.7 Å². The number of hydrogen-bond acceptors (Lipinski definition) is 5. The van der Waals surface area contributed by atoms with Crippen LogP contribution in [0.2, 0.25) is 0 Å². The third-order valence-electron chi connectivity index (χ3n) is 6.03. The van der Waals surface area contributed by atoms with Crippen molar-refractivity contribution in [3.8, 4) is 5.75 Å². The van der Waals surface area contributed by atoms with E-state index in [0.29, 0.717) is 12.3 Å². The standard InChI is InChI=1S/C28H32BrN3O5S/c1-5-30-28(34)21(3)31(18-22-12-14-23(29)15-13-22)27(33)19-32(25-8-6-7-9-26(25)37-4)38(35,36)24-16-10-20(2)11-17-24/h6-17,21H,5,18-19H2,1-4H3,(H,30,34). The van der Waals surface area contributed by atoms with Crippen molar-refractivity contribution < 1.29 is 22.7 Å². The van der Waals surface area contributed by atoms with Crippen molar-refractivity contribution in [1.82, 2.24) is 10.2 Å². The first-order valence-electron chi connectivity index (χ1n) is 12.1. The molecule has 0 spiro atoms. The van der Waals surface area contributed by atoms with Crippen LogP contribution in [0.15, 0.2) is 82.2 Å². The molecule has 0 fully saturated rings. The van der Waals surface area contributed by atoms with Gasteiger partial charge in [0.15, 0.2) is 0 Å². The molecule has 0 aliphatic rings. The summed E-state index contributed by atoms with van der Waals surface area (Å²) in [6.07, 6.45) is 0. The number of para-hydroxylation sites is 2. The number of benzene rings is 3. The lowest BCUT2D eigenvalue weighted by atomic mass is 10.1. The first kappa shape index (κ1) is 29.2. The molecule has 0 aliphatic heterocycles. The summed E-state index contributed by atoms with van der Waals surface area (Å²) in [4.78, 5) is 28.1. The number of aryl methyl sites for hydroxylation is 1. The summed E-state index contributed by atoms with van der Waals surface area (Å²) in [5.74, 6) is -0.566. The van der Waals surface area contributed by atoms with Crippen LogP contribution in [-0.4, -0.2) is 51.4 Å². The lowest BCUT2D eigenvalue weighted by molar-refractivity contribution is -0.139. The van der Waals surface area contributed by atoms with Gasteiger partial charge in [-0.15, -0.1) is 0 Å². The number of carbonyl (C=O) groups is 2. The maximum atomic E-state index is 13.9. The Bertz CT molecular complexity index is 1360. The maximum Gasteiger partial charge on any atom is 0.264 e. The van der Waals surface area contributed by atoms with Crippen LogP contribution in [0.3, 0.4) is 0 Å². The van der Waals surface area contributed by atoms with Gasteiger partial charge in [-0.3, -0.25) is 13.9 Å². The molecule has 3 aromatic rings. The molecule has 0 saturated heterocycles. The number of halogens is 1. The van der Waals surface area contributed by atoms with Crippen LogP contribution >= 0.6 is 15.9 Å². The van der Waals surface area contributed by atoms with Crippen LogP contribution in [0.4, 0.5) is 5.69 Å². The summed E-state index contributed by atoms with van der Waals surface area (Å²) in [5, 5.41) is 2.75. The minimum Gasteiger partial charge on any atom is -0.495 e. The van der Waals surface area contributed by atoms with E-state index in [0.717, 1.165) is 19.9 Å². The largest absolute Gasteiger partial charge is 0.495 e. The average Bonchev–Trinajstić information content (AvgIpc) is 2.91. The predicted molar refractivity (Wildman–Crippen MR) is 152 cm³/mol. The van der Waals surface area contributed by atoms with E-state index in [4.69, 9.17) is 4.74 Å². The van der Waals surface area contributed by atoms with Crippen molar-refractivity contribution in [3.63, 3.8) is 0 Å². The Hall–Kier alpha value is -3.37. The van der Waals surface area contributed by atoms with Gasteiger partial charge in [-0.25, -0.2) is 8.42 Å². The van der Waals surface area contributed by atoms with E-state index in [1.165, 1.54) is 24.1 Å². The van der Waals surface area contributed by atoms with Crippen molar-refractivity contribution in [2.75, 3.05) is 24.5 Å². The number of hydrogen-bond donors (Lipinski definition) is 1. The summed E-state index contributed by atoms with van der Waals surface area (Å²) in [6, 6.07) is 19.6. The Labute approximate surface area is 232 Å². The lowest BCUT2D eigenvalue weighted by Crippen LogP contribution is -2.51. The third-order valence-corrected chi connectivity index (χ3v) is 8.33. The number of nitrogens with one attached hydrogen (secondary N) is 1. The Kier molecular flexibility index (Phi) is 9.93. The molecule has 0 aromatic heterocycles. The number of anilines is 1. The highest BCUT2D eigenvalue weighted by Gasteiger charge is 2.33. The van der Waals surface area contributed by atoms with E-state index in [9.17, 15) is 18.0 Å². The van der Waals surface area contributed by atoms with Crippen LogP contribution in [0, 0.1) is 6.92 Å². The van der Waals surface area contributed by atoms with Gasteiger partial charge in [-0.1, -0.05) is 57.9 Å². The molecule has 1 N–H and O–H groups in total. The number of nitrogens with zero attached hydrogens (tertiary/aromatic N) is 2. The SMILES string of the molecule is CCNC(=O)C(C)N(Cc1ccc(Br)cc1)C(=O)CN(c1ccccc1OC)S(=O)(=O)c1ccc(C)cc1. The fourth-order valence-corrected chi connectivity index (χ4v) is 5.57.